The highest BCUT2D eigenvalue weighted by atomic mass is 16.1. The standard InChI is InChI=1S/C35H43N3O/c1-7-11-16-30-25-38(19-14-15-27(30)6)32(10-4)18-13-12-17-29-23-36-34(22-35(29)39)33-21-28(9-3)31(24-37-33)20-26(5)8-2/h8-10,13,18,20-22,24,30H,2-3,6-7,11-12,14-17,19,25H2,1,4-5H3/b18-13-,26-20-,32-10+/t30-/m1/s1. The first-order chi connectivity index (χ1) is 18.9. The largest absolute Gasteiger partial charge is 0.371 e. The Balaban J connectivity index is 1.64. The van der Waals surface area contributed by atoms with Crippen molar-refractivity contribution in [2.24, 2.45) is 10.9 Å². The molecule has 0 N–H and O–H groups in total. The van der Waals surface area contributed by atoms with Gasteiger partial charge in [-0.05, 0) is 81.5 Å². The zero-order valence-corrected chi connectivity index (χ0v) is 24.0. The number of carbonyl (C=O) groups is 1. The third-order valence-corrected chi connectivity index (χ3v) is 7.39. The molecular weight excluding hydrogens is 478 g/mol. The number of rotatable bonds is 12. The van der Waals surface area contributed by atoms with Crippen molar-refractivity contribution < 1.29 is 4.79 Å². The van der Waals surface area contributed by atoms with Crippen LogP contribution < -0.4 is 0 Å². The van der Waals surface area contributed by atoms with E-state index in [1.807, 2.05) is 19.1 Å². The minimum absolute atomic E-state index is 0.0575. The van der Waals surface area contributed by atoms with E-state index in [1.54, 1.807) is 24.4 Å². The summed E-state index contributed by atoms with van der Waals surface area (Å²) >= 11 is 0. The van der Waals surface area contributed by atoms with E-state index in [-0.39, 0.29) is 5.78 Å². The molecule has 39 heavy (non-hydrogen) atoms. The summed E-state index contributed by atoms with van der Waals surface area (Å²) in [6.07, 6.45) is 22.8. The van der Waals surface area contributed by atoms with Crippen LogP contribution in [0.2, 0.25) is 0 Å². The summed E-state index contributed by atoms with van der Waals surface area (Å²) in [5.74, 6) is 3.49. The number of ketones is 1. The van der Waals surface area contributed by atoms with Crippen LogP contribution in [0.25, 0.3) is 17.8 Å². The van der Waals surface area contributed by atoms with Crippen molar-refractivity contribution in [2.75, 3.05) is 13.1 Å². The zero-order valence-electron chi connectivity index (χ0n) is 24.0. The quantitative estimate of drug-likeness (QED) is 0.204. The number of unbranched alkanes of at least 4 members (excludes halogenated alkanes) is 1. The van der Waals surface area contributed by atoms with Gasteiger partial charge in [-0.15, -0.1) is 0 Å². The van der Waals surface area contributed by atoms with Gasteiger partial charge in [0.1, 0.15) is 5.70 Å². The molecule has 4 heteroatoms. The molecule has 0 radical (unpaired) electrons. The molecule has 0 bridgehead atoms. The molecule has 1 aromatic heterocycles. The van der Waals surface area contributed by atoms with Gasteiger partial charge in [-0.1, -0.05) is 75.0 Å². The number of nitrogens with zero attached hydrogens (tertiary/aromatic N) is 3. The van der Waals surface area contributed by atoms with Gasteiger partial charge in [-0.25, -0.2) is 4.99 Å². The number of aromatic nitrogens is 1. The maximum absolute atomic E-state index is 12.9. The second-order valence-electron chi connectivity index (χ2n) is 10.3. The Morgan fingerprint density at radius 1 is 1.28 bits per heavy atom. The van der Waals surface area contributed by atoms with Crippen LogP contribution in [-0.2, 0) is 4.79 Å². The van der Waals surface area contributed by atoms with Gasteiger partial charge in [-0.2, -0.15) is 0 Å². The van der Waals surface area contributed by atoms with Crippen molar-refractivity contribution in [1.82, 2.24) is 9.88 Å². The van der Waals surface area contributed by atoms with E-state index in [2.05, 4.69) is 72.6 Å². The Kier molecular flexibility index (Phi) is 11.5. The van der Waals surface area contributed by atoms with Crippen LogP contribution in [0.4, 0.5) is 0 Å². The van der Waals surface area contributed by atoms with Gasteiger partial charge in [0.15, 0.2) is 5.78 Å². The lowest BCUT2D eigenvalue weighted by atomic mass is 9.92. The number of aliphatic imine (C=N–C) groups is 1. The smallest absolute Gasteiger partial charge is 0.193 e. The molecule has 1 aromatic rings. The maximum atomic E-state index is 12.9. The van der Waals surface area contributed by atoms with Crippen LogP contribution in [0.1, 0.15) is 82.5 Å². The summed E-state index contributed by atoms with van der Waals surface area (Å²) in [6.45, 7) is 20.5. The third-order valence-electron chi connectivity index (χ3n) is 7.39. The average Bonchev–Trinajstić information content (AvgIpc) is 3.13. The number of hydrogen-bond acceptors (Lipinski definition) is 4. The van der Waals surface area contributed by atoms with Crippen LogP contribution >= 0.6 is 0 Å². The van der Waals surface area contributed by atoms with Crippen LogP contribution in [0.15, 0.2) is 89.8 Å². The summed E-state index contributed by atoms with van der Waals surface area (Å²) < 4.78 is 0. The molecule has 3 heterocycles. The van der Waals surface area contributed by atoms with Crippen molar-refractivity contribution in [3.63, 3.8) is 0 Å². The second kappa shape index (κ2) is 15.0. The molecule has 0 aromatic carbocycles. The fourth-order valence-electron chi connectivity index (χ4n) is 4.94. The summed E-state index contributed by atoms with van der Waals surface area (Å²) in [5.41, 5.74) is 7.32. The fourth-order valence-corrected chi connectivity index (χ4v) is 4.94. The molecule has 3 rings (SSSR count). The first-order valence-corrected chi connectivity index (χ1v) is 14.2. The van der Waals surface area contributed by atoms with Gasteiger partial charge in [0.2, 0.25) is 0 Å². The SMILES string of the molecule is C=C/C(C)=C\c1cnc(C2=CC(=O)C(CC/C=C\C(=C/C)N3CCCC(=C)[C@H](CCCC)C3)=C=N2)cc1C=C. The Morgan fingerprint density at radius 2 is 2.10 bits per heavy atom. The predicted molar refractivity (Wildman–Crippen MR) is 167 cm³/mol. The van der Waals surface area contributed by atoms with Gasteiger partial charge in [0.25, 0.3) is 0 Å². The van der Waals surface area contributed by atoms with Crippen molar-refractivity contribution in [2.45, 2.75) is 65.7 Å². The van der Waals surface area contributed by atoms with Gasteiger partial charge in [0, 0.05) is 36.6 Å². The van der Waals surface area contributed by atoms with E-state index >= 15 is 0 Å². The lowest BCUT2D eigenvalue weighted by Crippen LogP contribution is -2.27. The molecule has 0 amide bonds. The Bertz CT molecular complexity index is 1280. The minimum atomic E-state index is -0.0575. The summed E-state index contributed by atoms with van der Waals surface area (Å²) in [5, 5.41) is 0. The normalized spacial score (nSPS) is 18.7. The second-order valence-corrected chi connectivity index (χ2v) is 10.3. The van der Waals surface area contributed by atoms with E-state index in [0.29, 0.717) is 29.3 Å². The van der Waals surface area contributed by atoms with Crippen LogP contribution in [-0.4, -0.2) is 34.6 Å². The Hall–Kier alpha value is -3.75. The number of pyridine rings is 1. The lowest BCUT2D eigenvalue weighted by Gasteiger charge is -2.28. The molecule has 0 spiro atoms. The van der Waals surface area contributed by atoms with Crippen molar-refractivity contribution in [1.29, 1.82) is 0 Å². The number of allylic oxidation sites excluding steroid dienone is 7. The van der Waals surface area contributed by atoms with E-state index in [0.717, 1.165) is 49.1 Å². The highest BCUT2D eigenvalue weighted by molar-refractivity contribution is 6.15. The van der Waals surface area contributed by atoms with Crippen molar-refractivity contribution >= 4 is 29.5 Å². The average molecular weight is 522 g/mol. The maximum Gasteiger partial charge on any atom is 0.193 e. The minimum Gasteiger partial charge on any atom is -0.371 e. The Morgan fingerprint density at radius 3 is 2.79 bits per heavy atom. The molecule has 0 unspecified atom stereocenters. The molecule has 1 fully saturated rings. The molecule has 0 aliphatic carbocycles. The van der Waals surface area contributed by atoms with Crippen molar-refractivity contribution in [3.05, 3.63) is 102 Å². The molecular formula is C35H43N3O. The monoisotopic (exact) mass is 521 g/mol. The predicted octanol–water partition coefficient (Wildman–Crippen LogP) is 8.53. The van der Waals surface area contributed by atoms with Crippen molar-refractivity contribution in [3.8, 4) is 0 Å². The molecule has 0 saturated carbocycles. The molecule has 204 valence electrons. The summed E-state index contributed by atoms with van der Waals surface area (Å²) in [6, 6.07) is 1.90. The van der Waals surface area contributed by atoms with E-state index < -0.39 is 0 Å². The fraction of sp³-hybridized carbons (Fsp3) is 0.371. The first-order valence-electron chi connectivity index (χ1n) is 14.2. The topological polar surface area (TPSA) is 45.6 Å². The highest BCUT2D eigenvalue weighted by Crippen LogP contribution is 2.28. The third kappa shape index (κ3) is 8.37. The molecule has 1 atom stereocenters. The van der Waals surface area contributed by atoms with Gasteiger partial charge < -0.3 is 4.90 Å². The summed E-state index contributed by atoms with van der Waals surface area (Å²) in [7, 11) is 0. The van der Waals surface area contributed by atoms with Gasteiger partial charge >= 0.3 is 0 Å². The number of hydrogen-bond donors (Lipinski definition) is 0. The molecule has 4 nitrogen and oxygen atoms in total. The lowest BCUT2D eigenvalue weighted by molar-refractivity contribution is -0.111. The molecule has 1 saturated heterocycles. The van der Waals surface area contributed by atoms with Crippen LogP contribution in [0.3, 0.4) is 0 Å². The van der Waals surface area contributed by atoms with Crippen LogP contribution in [0, 0.1) is 5.92 Å². The number of likely N-dealkylation sites (tertiary alicyclic amines) is 1. The van der Waals surface area contributed by atoms with E-state index in [4.69, 9.17) is 0 Å². The van der Waals surface area contributed by atoms with Gasteiger partial charge in [-0.3, -0.25) is 9.78 Å². The van der Waals surface area contributed by atoms with E-state index in [1.165, 1.54) is 30.5 Å². The first kappa shape index (κ1) is 29.8. The molecule has 2 aliphatic rings. The Labute approximate surface area is 235 Å². The molecule has 2 aliphatic heterocycles. The van der Waals surface area contributed by atoms with Gasteiger partial charge in [0.05, 0.1) is 11.3 Å². The van der Waals surface area contributed by atoms with Crippen LogP contribution in [0.5, 0.6) is 0 Å². The zero-order chi connectivity index (χ0) is 28.2. The number of carbonyl (C=O) groups excluding carboxylic acids is 1. The summed E-state index contributed by atoms with van der Waals surface area (Å²) in [4.78, 5) is 24.3. The highest BCUT2D eigenvalue weighted by Gasteiger charge is 2.21. The van der Waals surface area contributed by atoms with E-state index in [9.17, 15) is 4.79 Å².